The summed E-state index contributed by atoms with van der Waals surface area (Å²) in [5, 5.41) is 10.0. The molecular weight excluding hydrogens is 380 g/mol. The highest BCUT2D eigenvalue weighted by Crippen LogP contribution is 2.41. The Hall–Kier alpha value is -3.73. The van der Waals surface area contributed by atoms with Crippen LogP contribution in [0.25, 0.3) is 6.08 Å². The minimum absolute atomic E-state index is 0.0527. The zero-order valence-electron chi connectivity index (χ0n) is 17.2. The van der Waals surface area contributed by atoms with Crippen LogP contribution in [0.1, 0.15) is 27.0 Å². The third-order valence-electron chi connectivity index (χ3n) is 4.59. The topological polar surface area (TPSA) is 65.0 Å². The molecule has 0 saturated heterocycles. The van der Waals surface area contributed by atoms with Crippen LogP contribution in [0.4, 0.5) is 0 Å². The zero-order chi connectivity index (χ0) is 21.5. The van der Waals surface area contributed by atoms with Gasteiger partial charge in [-0.25, -0.2) is 0 Å². The summed E-state index contributed by atoms with van der Waals surface area (Å²) in [4.78, 5) is 12.6. The van der Waals surface area contributed by atoms with Gasteiger partial charge in [-0.3, -0.25) is 4.79 Å². The Kier molecular flexibility index (Phi) is 6.75. The standard InChI is InChI=1S/C25H24O5/c1-17-9-12-21(26)20(15-17)22(27)13-10-19-11-14-23(28-2)25(29-3)24(19)30-16-18-7-5-4-6-8-18/h4-15,26H,16H2,1-3H3/b13-10+. The third kappa shape index (κ3) is 4.81. The van der Waals surface area contributed by atoms with E-state index in [-0.39, 0.29) is 17.1 Å². The van der Waals surface area contributed by atoms with E-state index in [1.165, 1.54) is 19.3 Å². The van der Waals surface area contributed by atoms with Crippen LogP contribution in [0.2, 0.25) is 0 Å². The van der Waals surface area contributed by atoms with E-state index in [1.54, 1.807) is 37.5 Å². The van der Waals surface area contributed by atoms with Crippen molar-refractivity contribution >= 4 is 11.9 Å². The molecule has 154 valence electrons. The minimum atomic E-state index is -0.306. The van der Waals surface area contributed by atoms with Crippen LogP contribution in [-0.2, 0) is 6.61 Å². The Morgan fingerprint density at radius 3 is 2.43 bits per heavy atom. The van der Waals surface area contributed by atoms with Gasteiger partial charge in [0.05, 0.1) is 19.8 Å². The van der Waals surface area contributed by atoms with Gasteiger partial charge in [0.1, 0.15) is 12.4 Å². The molecule has 5 heteroatoms. The molecule has 0 unspecified atom stereocenters. The number of phenols is 1. The van der Waals surface area contributed by atoms with Gasteiger partial charge >= 0.3 is 0 Å². The molecular formula is C25H24O5. The number of ether oxygens (including phenoxy) is 3. The second kappa shape index (κ2) is 9.65. The van der Waals surface area contributed by atoms with Crippen molar-refractivity contribution < 1.29 is 24.1 Å². The number of aromatic hydroxyl groups is 1. The van der Waals surface area contributed by atoms with E-state index in [0.29, 0.717) is 29.4 Å². The molecule has 0 amide bonds. The molecule has 0 atom stereocenters. The monoisotopic (exact) mass is 404 g/mol. The number of aryl methyl sites for hydroxylation is 1. The molecule has 3 aromatic carbocycles. The summed E-state index contributed by atoms with van der Waals surface area (Å²) in [5.41, 5.74) is 2.79. The van der Waals surface area contributed by atoms with Crippen molar-refractivity contribution in [2.75, 3.05) is 14.2 Å². The summed E-state index contributed by atoms with van der Waals surface area (Å²) in [6.07, 6.45) is 3.05. The maximum atomic E-state index is 12.6. The van der Waals surface area contributed by atoms with E-state index in [2.05, 4.69) is 0 Å². The number of carbonyl (C=O) groups excluding carboxylic acids is 1. The Bertz CT molecular complexity index is 1050. The first-order chi connectivity index (χ1) is 14.5. The van der Waals surface area contributed by atoms with Crippen LogP contribution in [0.5, 0.6) is 23.0 Å². The first-order valence-electron chi connectivity index (χ1n) is 9.47. The Labute approximate surface area is 176 Å². The second-order valence-corrected chi connectivity index (χ2v) is 6.71. The molecule has 0 heterocycles. The molecule has 0 aliphatic rings. The third-order valence-corrected chi connectivity index (χ3v) is 4.59. The lowest BCUT2D eigenvalue weighted by Gasteiger charge is -2.16. The van der Waals surface area contributed by atoms with Crippen molar-refractivity contribution in [3.63, 3.8) is 0 Å². The fraction of sp³-hybridized carbons (Fsp3) is 0.160. The summed E-state index contributed by atoms with van der Waals surface area (Å²) >= 11 is 0. The summed E-state index contributed by atoms with van der Waals surface area (Å²) in [7, 11) is 3.09. The van der Waals surface area contributed by atoms with E-state index in [9.17, 15) is 9.90 Å². The zero-order valence-corrected chi connectivity index (χ0v) is 17.2. The fourth-order valence-electron chi connectivity index (χ4n) is 3.03. The quantitative estimate of drug-likeness (QED) is 0.413. The molecule has 0 aliphatic heterocycles. The first kappa shape index (κ1) is 21.0. The second-order valence-electron chi connectivity index (χ2n) is 6.71. The maximum absolute atomic E-state index is 12.6. The number of ketones is 1. The summed E-state index contributed by atoms with van der Waals surface area (Å²) < 4.78 is 16.9. The normalized spacial score (nSPS) is 10.8. The lowest BCUT2D eigenvalue weighted by atomic mass is 10.0. The van der Waals surface area contributed by atoms with Gasteiger partial charge in [0.15, 0.2) is 17.3 Å². The van der Waals surface area contributed by atoms with Crippen molar-refractivity contribution in [1.29, 1.82) is 0 Å². The number of hydrogen-bond acceptors (Lipinski definition) is 5. The van der Waals surface area contributed by atoms with Gasteiger partial charge in [-0.05, 0) is 48.9 Å². The first-order valence-corrected chi connectivity index (χ1v) is 9.47. The summed E-state index contributed by atoms with van der Waals surface area (Å²) in [6, 6.07) is 18.2. The smallest absolute Gasteiger partial charge is 0.203 e. The van der Waals surface area contributed by atoms with Gasteiger partial charge < -0.3 is 19.3 Å². The minimum Gasteiger partial charge on any atom is -0.507 e. The van der Waals surface area contributed by atoms with Crippen molar-refractivity contribution in [1.82, 2.24) is 0 Å². The number of allylic oxidation sites excluding steroid dienone is 1. The van der Waals surface area contributed by atoms with Gasteiger partial charge in [-0.2, -0.15) is 0 Å². The highest BCUT2D eigenvalue weighted by Gasteiger charge is 2.16. The van der Waals surface area contributed by atoms with Crippen molar-refractivity contribution in [3.05, 3.63) is 89.0 Å². The highest BCUT2D eigenvalue weighted by atomic mass is 16.5. The number of carbonyl (C=O) groups is 1. The average Bonchev–Trinajstić information content (AvgIpc) is 2.77. The Morgan fingerprint density at radius 1 is 0.967 bits per heavy atom. The van der Waals surface area contributed by atoms with Crippen LogP contribution in [0.15, 0.2) is 66.7 Å². The maximum Gasteiger partial charge on any atom is 0.203 e. The summed E-state index contributed by atoms with van der Waals surface area (Å²) in [5.74, 6) is 1.09. The van der Waals surface area contributed by atoms with Crippen LogP contribution in [-0.4, -0.2) is 25.1 Å². The van der Waals surface area contributed by atoms with Crippen molar-refractivity contribution in [3.8, 4) is 23.0 Å². The lowest BCUT2D eigenvalue weighted by Crippen LogP contribution is -2.01. The van der Waals surface area contributed by atoms with Gasteiger partial charge in [-0.15, -0.1) is 0 Å². The molecule has 0 saturated carbocycles. The largest absolute Gasteiger partial charge is 0.507 e. The van der Waals surface area contributed by atoms with E-state index >= 15 is 0 Å². The number of rotatable bonds is 8. The molecule has 0 fully saturated rings. The summed E-state index contributed by atoms with van der Waals surface area (Å²) in [6.45, 7) is 2.20. The van der Waals surface area contributed by atoms with Crippen molar-refractivity contribution in [2.24, 2.45) is 0 Å². The lowest BCUT2D eigenvalue weighted by molar-refractivity contribution is 0.104. The molecule has 3 aromatic rings. The van der Waals surface area contributed by atoms with E-state index in [4.69, 9.17) is 14.2 Å². The Morgan fingerprint density at radius 2 is 1.73 bits per heavy atom. The van der Waals surface area contributed by atoms with E-state index in [0.717, 1.165) is 11.1 Å². The van der Waals surface area contributed by atoms with Crippen LogP contribution in [0, 0.1) is 6.92 Å². The molecule has 0 aromatic heterocycles. The van der Waals surface area contributed by atoms with Crippen LogP contribution < -0.4 is 14.2 Å². The molecule has 0 radical (unpaired) electrons. The molecule has 0 aliphatic carbocycles. The van der Waals surface area contributed by atoms with E-state index < -0.39 is 0 Å². The number of methoxy groups -OCH3 is 2. The molecule has 30 heavy (non-hydrogen) atoms. The predicted octanol–water partition coefficient (Wildman–Crippen LogP) is 5.19. The van der Waals surface area contributed by atoms with Crippen LogP contribution >= 0.6 is 0 Å². The SMILES string of the molecule is COc1ccc(/C=C/C(=O)c2cc(C)ccc2O)c(OCc2ccccc2)c1OC. The molecule has 1 N–H and O–H groups in total. The fourth-order valence-corrected chi connectivity index (χ4v) is 3.03. The number of phenolic OH excluding ortho intramolecular Hbond substituents is 1. The predicted molar refractivity (Wildman–Crippen MR) is 117 cm³/mol. The molecule has 0 spiro atoms. The van der Waals surface area contributed by atoms with Crippen LogP contribution in [0.3, 0.4) is 0 Å². The van der Waals surface area contributed by atoms with Gasteiger partial charge in [0.25, 0.3) is 0 Å². The van der Waals surface area contributed by atoms with E-state index in [1.807, 2.05) is 37.3 Å². The number of benzene rings is 3. The Balaban J connectivity index is 1.93. The molecule has 0 bridgehead atoms. The molecule has 3 rings (SSSR count). The van der Waals surface area contributed by atoms with Gasteiger partial charge in [0, 0.05) is 5.56 Å². The molecule has 5 nitrogen and oxygen atoms in total. The highest BCUT2D eigenvalue weighted by molar-refractivity contribution is 6.08. The van der Waals surface area contributed by atoms with Gasteiger partial charge in [0.2, 0.25) is 5.75 Å². The number of hydrogen-bond donors (Lipinski definition) is 1. The van der Waals surface area contributed by atoms with Gasteiger partial charge in [-0.1, -0.05) is 42.0 Å². The average molecular weight is 404 g/mol. The van der Waals surface area contributed by atoms with Crippen molar-refractivity contribution in [2.45, 2.75) is 13.5 Å².